The van der Waals surface area contributed by atoms with Gasteiger partial charge in [0.15, 0.2) is 0 Å². The third-order valence-electron chi connectivity index (χ3n) is 6.14. The van der Waals surface area contributed by atoms with Gasteiger partial charge in [-0.25, -0.2) is 0 Å². The minimum atomic E-state index is -0.449. The van der Waals surface area contributed by atoms with E-state index in [9.17, 15) is 14.7 Å². The Labute approximate surface area is 207 Å². The van der Waals surface area contributed by atoms with Crippen molar-refractivity contribution >= 4 is 23.2 Å². The van der Waals surface area contributed by atoms with Gasteiger partial charge in [0, 0.05) is 61.9 Å². The van der Waals surface area contributed by atoms with Crippen molar-refractivity contribution in [3.05, 3.63) is 90.2 Å². The van der Waals surface area contributed by atoms with Crippen LogP contribution in [-0.2, 0) is 4.79 Å². The van der Waals surface area contributed by atoms with Crippen molar-refractivity contribution in [2.24, 2.45) is 0 Å². The van der Waals surface area contributed by atoms with E-state index in [-0.39, 0.29) is 17.6 Å². The molecule has 0 bridgehead atoms. The fourth-order valence-electron chi connectivity index (χ4n) is 4.00. The molecule has 2 amide bonds. The first-order valence-corrected chi connectivity index (χ1v) is 11.8. The van der Waals surface area contributed by atoms with Crippen LogP contribution in [0.4, 0.5) is 11.4 Å². The summed E-state index contributed by atoms with van der Waals surface area (Å²) in [5, 5.41) is 15.9. The molecular weight excluding hydrogens is 440 g/mol. The van der Waals surface area contributed by atoms with Crippen LogP contribution < -0.4 is 20.4 Å². The fraction of sp³-hybridized carbons (Fsp3) is 0.286. The number of benzene rings is 2. The van der Waals surface area contributed by atoms with Gasteiger partial charge in [-0.05, 0) is 68.0 Å². The first-order valence-electron chi connectivity index (χ1n) is 11.8. The van der Waals surface area contributed by atoms with Crippen LogP contribution in [0.1, 0.15) is 35.7 Å². The molecular formula is C28H34N4O3. The summed E-state index contributed by atoms with van der Waals surface area (Å²) in [4.78, 5) is 29.1. The largest absolute Gasteiger partial charge is 0.508 e. The van der Waals surface area contributed by atoms with Crippen LogP contribution in [0.2, 0.25) is 0 Å². The first-order chi connectivity index (χ1) is 16.9. The minimum absolute atomic E-state index is 0.0986. The van der Waals surface area contributed by atoms with Gasteiger partial charge in [0.05, 0.1) is 5.92 Å². The zero-order valence-electron chi connectivity index (χ0n) is 20.6. The minimum Gasteiger partial charge on any atom is -0.508 e. The van der Waals surface area contributed by atoms with Gasteiger partial charge < -0.3 is 25.5 Å². The summed E-state index contributed by atoms with van der Waals surface area (Å²) in [5.74, 6) is -0.576. The fourth-order valence-corrected chi connectivity index (χ4v) is 4.00. The number of amides is 2. The number of allylic oxidation sites excluding steroid dienone is 4. The topological polar surface area (TPSA) is 84.9 Å². The van der Waals surface area contributed by atoms with Gasteiger partial charge in [0.25, 0.3) is 5.91 Å². The Hall–Kier alpha value is -4.00. The van der Waals surface area contributed by atoms with Crippen LogP contribution in [0.25, 0.3) is 0 Å². The van der Waals surface area contributed by atoms with E-state index in [1.807, 2.05) is 56.3 Å². The number of phenolic OH excluding ortho intramolecular Hbond substituents is 1. The first kappa shape index (κ1) is 25.6. The summed E-state index contributed by atoms with van der Waals surface area (Å²) in [6.07, 6.45) is 7.10. The Balaban J connectivity index is 1.67. The molecule has 0 spiro atoms. The SMILES string of the molecule is C=C/C(=C\C=C/C)NC(=O)C(C)c1cc(O)cc(N2CCN(c3ccc(C(=O)NC)cc3)CC2)c1. The molecule has 0 aliphatic carbocycles. The Bertz CT molecular complexity index is 1110. The Kier molecular flexibility index (Phi) is 8.73. The molecule has 3 rings (SSSR count). The van der Waals surface area contributed by atoms with Crippen molar-refractivity contribution in [2.45, 2.75) is 19.8 Å². The molecule has 1 heterocycles. The summed E-state index contributed by atoms with van der Waals surface area (Å²) in [7, 11) is 1.62. The number of nitrogens with one attached hydrogen (secondary N) is 2. The van der Waals surface area contributed by atoms with Crippen molar-refractivity contribution < 1.29 is 14.7 Å². The lowest BCUT2D eigenvalue weighted by atomic mass is 9.98. The molecule has 1 saturated heterocycles. The summed E-state index contributed by atoms with van der Waals surface area (Å²) >= 11 is 0. The molecule has 1 aliphatic rings. The maximum atomic E-state index is 12.8. The second-order valence-electron chi connectivity index (χ2n) is 8.45. The van der Waals surface area contributed by atoms with E-state index in [0.717, 1.165) is 43.1 Å². The zero-order chi connectivity index (χ0) is 25.4. The molecule has 2 aromatic carbocycles. The van der Waals surface area contributed by atoms with E-state index in [2.05, 4.69) is 27.0 Å². The molecule has 1 fully saturated rings. The molecule has 1 aliphatic heterocycles. The number of carbonyl (C=O) groups excluding carboxylic acids is 2. The summed E-state index contributed by atoms with van der Waals surface area (Å²) < 4.78 is 0. The van der Waals surface area contributed by atoms with E-state index < -0.39 is 5.92 Å². The number of hydrogen-bond acceptors (Lipinski definition) is 5. The number of carbonyl (C=O) groups is 2. The van der Waals surface area contributed by atoms with Gasteiger partial charge in [-0.2, -0.15) is 0 Å². The number of hydrogen-bond donors (Lipinski definition) is 3. The van der Waals surface area contributed by atoms with Gasteiger partial charge >= 0.3 is 0 Å². The van der Waals surface area contributed by atoms with Gasteiger partial charge in [-0.3, -0.25) is 9.59 Å². The van der Waals surface area contributed by atoms with Gasteiger partial charge in [-0.1, -0.05) is 18.7 Å². The van der Waals surface area contributed by atoms with E-state index in [1.54, 1.807) is 31.3 Å². The molecule has 1 atom stereocenters. The average Bonchev–Trinajstić information content (AvgIpc) is 2.89. The maximum absolute atomic E-state index is 12.8. The number of phenols is 1. The number of aromatic hydroxyl groups is 1. The third kappa shape index (κ3) is 6.53. The normalized spacial score (nSPS) is 15.1. The standard InChI is InChI=1S/C28H34N4O3/c1-5-7-8-23(6-2)30-27(34)20(3)22-17-25(19-26(33)18-22)32-15-13-31(14-16-32)24-11-9-21(10-12-24)28(35)29-4/h5-12,17-20,33H,2,13-16H2,1,3-4H3,(H,29,35)(H,30,34)/b7-5-,23-8+. The van der Waals surface area contributed by atoms with Crippen LogP contribution >= 0.6 is 0 Å². The molecule has 35 heavy (non-hydrogen) atoms. The number of piperazine rings is 1. The van der Waals surface area contributed by atoms with E-state index in [0.29, 0.717) is 11.3 Å². The maximum Gasteiger partial charge on any atom is 0.251 e. The van der Waals surface area contributed by atoms with Crippen molar-refractivity contribution in [2.75, 3.05) is 43.0 Å². The van der Waals surface area contributed by atoms with Crippen LogP contribution in [0.15, 0.2) is 79.0 Å². The van der Waals surface area contributed by atoms with Crippen molar-refractivity contribution in [3.63, 3.8) is 0 Å². The van der Waals surface area contributed by atoms with Gasteiger partial charge in [-0.15, -0.1) is 0 Å². The van der Waals surface area contributed by atoms with Crippen molar-refractivity contribution in [3.8, 4) is 5.75 Å². The molecule has 0 aromatic heterocycles. The second kappa shape index (κ2) is 11.9. The lowest BCUT2D eigenvalue weighted by Gasteiger charge is -2.37. The van der Waals surface area contributed by atoms with Gasteiger partial charge in [0.2, 0.25) is 5.91 Å². The van der Waals surface area contributed by atoms with Crippen LogP contribution in [0.3, 0.4) is 0 Å². The number of rotatable bonds is 8. The highest BCUT2D eigenvalue weighted by Gasteiger charge is 2.21. The summed E-state index contributed by atoms with van der Waals surface area (Å²) in [5.41, 5.74) is 3.97. The van der Waals surface area contributed by atoms with Crippen molar-refractivity contribution in [1.82, 2.24) is 10.6 Å². The molecule has 1 unspecified atom stereocenters. The highest BCUT2D eigenvalue weighted by atomic mass is 16.3. The number of nitrogens with zero attached hydrogens (tertiary/aromatic N) is 2. The molecule has 7 heteroatoms. The predicted molar refractivity (Wildman–Crippen MR) is 142 cm³/mol. The van der Waals surface area contributed by atoms with Crippen molar-refractivity contribution in [1.29, 1.82) is 0 Å². The van der Waals surface area contributed by atoms with E-state index in [1.165, 1.54) is 0 Å². The Morgan fingerprint density at radius 3 is 2.23 bits per heavy atom. The molecule has 2 aromatic rings. The van der Waals surface area contributed by atoms with Crippen LogP contribution in [-0.4, -0.2) is 50.1 Å². The molecule has 184 valence electrons. The predicted octanol–water partition coefficient (Wildman–Crippen LogP) is 3.94. The smallest absolute Gasteiger partial charge is 0.251 e. The Morgan fingerprint density at radius 1 is 1.03 bits per heavy atom. The van der Waals surface area contributed by atoms with E-state index in [4.69, 9.17) is 0 Å². The lowest BCUT2D eigenvalue weighted by Crippen LogP contribution is -2.46. The monoisotopic (exact) mass is 474 g/mol. The molecule has 3 N–H and O–H groups in total. The molecule has 0 saturated carbocycles. The third-order valence-corrected chi connectivity index (χ3v) is 6.14. The highest BCUT2D eigenvalue weighted by Crippen LogP contribution is 2.29. The van der Waals surface area contributed by atoms with Crippen LogP contribution in [0, 0.1) is 0 Å². The van der Waals surface area contributed by atoms with Gasteiger partial charge in [0.1, 0.15) is 5.75 Å². The lowest BCUT2D eigenvalue weighted by molar-refractivity contribution is -0.121. The van der Waals surface area contributed by atoms with Crippen LogP contribution in [0.5, 0.6) is 5.75 Å². The summed E-state index contributed by atoms with van der Waals surface area (Å²) in [6.45, 7) is 10.6. The Morgan fingerprint density at radius 2 is 1.66 bits per heavy atom. The molecule has 0 radical (unpaired) electrons. The quantitative estimate of drug-likeness (QED) is 0.505. The molecule has 7 nitrogen and oxygen atoms in total. The zero-order valence-corrected chi connectivity index (χ0v) is 20.6. The second-order valence-corrected chi connectivity index (χ2v) is 8.45. The summed E-state index contributed by atoms with van der Waals surface area (Å²) in [6, 6.07) is 13.0. The average molecular weight is 475 g/mol. The van der Waals surface area contributed by atoms with E-state index >= 15 is 0 Å². The highest BCUT2D eigenvalue weighted by molar-refractivity contribution is 5.94. The number of anilines is 2.